The zero-order valence-electron chi connectivity index (χ0n) is 17.0. The van der Waals surface area contributed by atoms with Gasteiger partial charge in [-0.25, -0.2) is 0 Å². The average Bonchev–Trinajstić information content (AvgIpc) is 3.33. The van der Waals surface area contributed by atoms with Gasteiger partial charge in [0.15, 0.2) is 5.82 Å². The Morgan fingerprint density at radius 1 is 1.30 bits per heavy atom. The van der Waals surface area contributed by atoms with Crippen LogP contribution in [0.2, 0.25) is 0 Å². The third kappa shape index (κ3) is 3.81. The normalized spacial score (nSPS) is 19.1. The first kappa shape index (κ1) is 18.8. The van der Waals surface area contributed by atoms with Gasteiger partial charge in [0.2, 0.25) is 5.89 Å². The van der Waals surface area contributed by atoms with Gasteiger partial charge in [0.25, 0.3) is 5.91 Å². The number of amides is 1. The van der Waals surface area contributed by atoms with E-state index in [1.807, 2.05) is 29.2 Å². The fourth-order valence-corrected chi connectivity index (χ4v) is 4.12. The number of carbonyl (C=O) groups is 1. The van der Waals surface area contributed by atoms with Crippen molar-refractivity contribution in [2.24, 2.45) is 5.92 Å². The number of para-hydroxylation sites is 1. The van der Waals surface area contributed by atoms with E-state index in [4.69, 9.17) is 9.26 Å². The highest BCUT2D eigenvalue weighted by molar-refractivity contribution is 5.93. The smallest absolute Gasteiger partial charge is 0.271 e. The molecule has 1 unspecified atom stereocenters. The molecule has 1 aromatic carbocycles. The number of aromatic amines is 1. The van der Waals surface area contributed by atoms with Crippen molar-refractivity contribution in [3.63, 3.8) is 0 Å². The Labute approximate surface area is 174 Å². The summed E-state index contributed by atoms with van der Waals surface area (Å²) in [6.45, 7) is 1.43. The summed E-state index contributed by atoms with van der Waals surface area (Å²) in [6.07, 6.45) is 5.06. The number of piperidine rings is 1. The topological polar surface area (TPSA) is 97.1 Å². The highest BCUT2D eigenvalue weighted by Gasteiger charge is 2.31. The summed E-state index contributed by atoms with van der Waals surface area (Å²) in [7, 11) is 1.63. The van der Waals surface area contributed by atoms with E-state index in [1.165, 1.54) is 0 Å². The molecule has 5 rings (SSSR count). The minimum atomic E-state index is -0.0300. The van der Waals surface area contributed by atoms with Gasteiger partial charge in [-0.05, 0) is 49.8 Å². The van der Waals surface area contributed by atoms with E-state index in [-0.39, 0.29) is 5.91 Å². The SMILES string of the molecule is COc1ccccc1-c1cc(C(=O)N2CCCC(Cc3nc(C4CC4)no3)C2)[nH]n1. The summed E-state index contributed by atoms with van der Waals surface area (Å²) in [6, 6.07) is 9.44. The average molecular weight is 407 g/mol. The molecule has 8 nitrogen and oxygen atoms in total. The van der Waals surface area contributed by atoms with Crippen LogP contribution in [0.5, 0.6) is 5.75 Å². The first-order valence-electron chi connectivity index (χ1n) is 10.5. The maximum atomic E-state index is 13.1. The monoisotopic (exact) mass is 407 g/mol. The molecule has 3 aromatic rings. The maximum absolute atomic E-state index is 13.1. The number of rotatable bonds is 6. The van der Waals surface area contributed by atoms with E-state index >= 15 is 0 Å². The lowest BCUT2D eigenvalue weighted by atomic mass is 9.94. The molecule has 8 heteroatoms. The van der Waals surface area contributed by atoms with Crippen LogP contribution >= 0.6 is 0 Å². The Bertz CT molecular complexity index is 1040. The minimum absolute atomic E-state index is 0.0300. The van der Waals surface area contributed by atoms with Gasteiger partial charge < -0.3 is 14.2 Å². The van der Waals surface area contributed by atoms with E-state index < -0.39 is 0 Å². The molecule has 0 bridgehead atoms. The summed E-state index contributed by atoms with van der Waals surface area (Å²) in [5.41, 5.74) is 2.04. The Hall–Kier alpha value is -3.16. The third-order valence-corrected chi connectivity index (χ3v) is 5.89. The van der Waals surface area contributed by atoms with E-state index in [2.05, 4.69) is 20.3 Å². The van der Waals surface area contributed by atoms with Crippen LogP contribution in [0.25, 0.3) is 11.3 Å². The lowest BCUT2D eigenvalue weighted by Crippen LogP contribution is -2.40. The number of nitrogens with zero attached hydrogens (tertiary/aromatic N) is 4. The number of H-pyrrole nitrogens is 1. The number of benzene rings is 1. The lowest BCUT2D eigenvalue weighted by molar-refractivity contribution is 0.0662. The van der Waals surface area contributed by atoms with Crippen LogP contribution in [-0.4, -0.2) is 51.3 Å². The molecule has 30 heavy (non-hydrogen) atoms. The summed E-state index contributed by atoms with van der Waals surface area (Å²) >= 11 is 0. The molecular weight excluding hydrogens is 382 g/mol. The van der Waals surface area contributed by atoms with Crippen molar-refractivity contribution in [2.75, 3.05) is 20.2 Å². The number of methoxy groups -OCH3 is 1. The van der Waals surface area contributed by atoms with Crippen LogP contribution in [0, 0.1) is 5.92 Å². The number of aromatic nitrogens is 4. The van der Waals surface area contributed by atoms with Crippen molar-refractivity contribution in [1.82, 2.24) is 25.2 Å². The van der Waals surface area contributed by atoms with Crippen molar-refractivity contribution in [3.8, 4) is 17.0 Å². The molecule has 2 aliphatic rings. The molecule has 0 spiro atoms. The fourth-order valence-electron chi connectivity index (χ4n) is 4.12. The van der Waals surface area contributed by atoms with Gasteiger partial charge in [-0.2, -0.15) is 10.1 Å². The van der Waals surface area contributed by atoms with E-state index in [0.29, 0.717) is 35.7 Å². The number of likely N-dealkylation sites (tertiary alicyclic amines) is 1. The maximum Gasteiger partial charge on any atom is 0.271 e. The summed E-state index contributed by atoms with van der Waals surface area (Å²) in [5, 5.41) is 11.3. The van der Waals surface area contributed by atoms with Gasteiger partial charge in [-0.15, -0.1) is 0 Å². The second-order valence-electron chi connectivity index (χ2n) is 8.15. The Balaban J connectivity index is 1.26. The highest BCUT2D eigenvalue weighted by atomic mass is 16.5. The number of nitrogens with one attached hydrogen (secondary N) is 1. The zero-order valence-corrected chi connectivity index (χ0v) is 17.0. The molecule has 1 saturated carbocycles. The van der Waals surface area contributed by atoms with Gasteiger partial charge in [0.1, 0.15) is 11.4 Å². The standard InChI is InChI=1S/C22H25N5O3/c1-29-19-7-3-2-6-16(19)17-12-18(25-24-17)22(28)27-10-4-5-14(13-27)11-20-23-21(26-30-20)15-8-9-15/h2-3,6-7,12,14-15H,4-5,8-11,13H2,1H3,(H,24,25). The molecule has 1 N–H and O–H groups in total. The van der Waals surface area contributed by atoms with E-state index in [1.54, 1.807) is 13.2 Å². The van der Waals surface area contributed by atoms with Crippen molar-refractivity contribution in [3.05, 3.63) is 47.7 Å². The predicted octanol–water partition coefficient (Wildman–Crippen LogP) is 3.44. The molecule has 1 aliphatic heterocycles. The van der Waals surface area contributed by atoms with Crippen LogP contribution in [0.15, 0.2) is 34.9 Å². The molecule has 2 fully saturated rings. The van der Waals surface area contributed by atoms with Crippen LogP contribution in [0.3, 0.4) is 0 Å². The van der Waals surface area contributed by atoms with Crippen molar-refractivity contribution < 1.29 is 14.1 Å². The van der Waals surface area contributed by atoms with E-state index in [9.17, 15) is 4.79 Å². The van der Waals surface area contributed by atoms with Crippen molar-refractivity contribution >= 4 is 5.91 Å². The number of ether oxygens (including phenoxy) is 1. The van der Waals surface area contributed by atoms with Gasteiger partial charge in [-0.1, -0.05) is 17.3 Å². The van der Waals surface area contributed by atoms with Crippen LogP contribution < -0.4 is 4.74 Å². The quantitative estimate of drug-likeness (QED) is 0.672. The fraction of sp³-hybridized carbons (Fsp3) is 0.455. The van der Waals surface area contributed by atoms with Gasteiger partial charge >= 0.3 is 0 Å². The van der Waals surface area contributed by atoms with Gasteiger partial charge in [0.05, 0.1) is 12.8 Å². The second kappa shape index (κ2) is 7.93. The molecule has 3 heterocycles. The number of carbonyl (C=O) groups excluding carboxylic acids is 1. The molecule has 0 radical (unpaired) electrons. The zero-order chi connectivity index (χ0) is 20.5. The van der Waals surface area contributed by atoms with Gasteiger partial charge in [-0.3, -0.25) is 9.89 Å². The molecule has 1 amide bonds. The molecule has 1 aliphatic carbocycles. The van der Waals surface area contributed by atoms with Crippen molar-refractivity contribution in [2.45, 2.75) is 38.0 Å². The predicted molar refractivity (Wildman–Crippen MR) is 109 cm³/mol. The largest absolute Gasteiger partial charge is 0.496 e. The third-order valence-electron chi connectivity index (χ3n) is 5.89. The molecular formula is C22H25N5O3. The van der Waals surface area contributed by atoms with Crippen molar-refractivity contribution in [1.29, 1.82) is 0 Å². The number of hydrogen-bond donors (Lipinski definition) is 1. The first-order valence-corrected chi connectivity index (χ1v) is 10.5. The summed E-state index contributed by atoms with van der Waals surface area (Å²) in [5.74, 6) is 3.05. The van der Waals surface area contributed by atoms with Crippen LogP contribution in [-0.2, 0) is 6.42 Å². The number of hydrogen-bond acceptors (Lipinski definition) is 6. The minimum Gasteiger partial charge on any atom is -0.496 e. The molecule has 1 saturated heterocycles. The van der Waals surface area contributed by atoms with Crippen LogP contribution in [0.1, 0.15) is 53.8 Å². The first-order chi connectivity index (χ1) is 14.7. The summed E-state index contributed by atoms with van der Waals surface area (Å²) < 4.78 is 10.8. The lowest BCUT2D eigenvalue weighted by Gasteiger charge is -2.31. The Morgan fingerprint density at radius 3 is 3.00 bits per heavy atom. The Morgan fingerprint density at radius 2 is 2.17 bits per heavy atom. The van der Waals surface area contributed by atoms with Crippen LogP contribution in [0.4, 0.5) is 0 Å². The second-order valence-corrected chi connectivity index (χ2v) is 8.15. The molecule has 2 aromatic heterocycles. The molecule has 156 valence electrons. The Kier molecular flexibility index (Phi) is 4.98. The summed E-state index contributed by atoms with van der Waals surface area (Å²) in [4.78, 5) is 19.5. The highest BCUT2D eigenvalue weighted by Crippen LogP contribution is 2.38. The molecule has 1 atom stereocenters. The van der Waals surface area contributed by atoms with E-state index in [0.717, 1.165) is 55.8 Å². The van der Waals surface area contributed by atoms with Gasteiger partial charge in [0, 0.05) is 31.0 Å².